The quantitative estimate of drug-likeness (QED) is 0.429. The molecule has 0 aliphatic carbocycles. The van der Waals surface area contributed by atoms with E-state index in [0.29, 0.717) is 17.5 Å². The highest BCUT2D eigenvalue weighted by atomic mass is 16.5. The zero-order chi connectivity index (χ0) is 22.3. The molecular weight excluding hydrogens is 398 g/mol. The predicted molar refractivity (Wildman–Crippen MR) is 130 cm³/mol. The summed E-state index contributed by atoms with van der Waals surface area (Å²) in [5.41, 5.74) is 9.11. The van der Waals surface area contributed by atoms with Gasteiger partial charge in [0.05, 0.1) is 5.39 Å². The topological polar surface area (TPSA) is 80.1 Å². The van der Waals surface area contributed by atoms with Gasteiger partial charge in [-0.25, -0.2) is 4.98 Å². The average molecular weight is 427 g/mol. The molecule has 6 nitrogen and oxygen atoms in total. The molecule has 3 heterocycles. The zero-order valence-corrected chi connectivity index (χ0v) is 18.7. The van der Waals surface area contributed by atoms with Gasteiger partial charge in [-0.2, -0.15) is 5.10 Å². The van der Waals surface area contributed by atoms with E-state index in [2.05, 4.69) is 60.5 Å². The normalized spacial score (nSPS) is 16.6. The summed E-state index contributed by atoms with van der Waals surface area (Å²) in [5.74, 6) is 2.99. The Kier molecular flexibility index (Phi) is 5.00. The number of anilines is 2. The second-order valence-corrected chi connectivity index (χ2v) is 9.33. The highest BCUT2D eigenvalue weighted by Crippen LogP contribution is 2.39. The van der Waals surface area contributed by atoms with Gasteiger partial charge < -0.3 is 15.4 Å². The number of benzene rings is 2. The monoisotopic (exact) mass is 426 g/mol. The van der Waals surface area contributed by atoms with Crippen molar-refractivity contribution in [1.82, 2.24) is 15.2 Å². The first kappa shape index (κ1) is 20.4. The molecule has 5 rings (SSSR count). The summed E-state index contributed by atoms with van der Waals surface area (Å²) in [6.07, 6.45) is 3.44. The summed E-state index contributed by atoms with van der Waals surface area (Å²) in [5, 5.41) is 8.09. The number of aromatic nitrogens is 3. The third-order valence-corrected chi connectivity index (χ3v) is 5.97. The Morgan fingerprint density at radius 1 is 1.03 bits per heavy atom. The van der Waals surface area contributed by atoms with Gasteiger partial charge in [0, 0.05) is 18.2 Å². The summed E-state index contributed by atoms with van der Waals surface area (Å²) in [4.78, 5) is 7.27. The number of fused-ring (bicyclic) bond motifs is 1. The average Bonchev–Trinajstić information content (AvgIpc) is 3.42. The van der Waals surface area contributed by atoms with Crippen molar-refractivity contribution < 1.29 is 4.74 Å². The second-order valence-electron chi connectivity index (χ2n) is 9.33. The Morgan fingerprint density at radius 2 is 1.75 bits per heavy atom. The molecule has 0 amide bonds. The molecule has 0 spiro atoms. The SMILES string of the molecule is CC(C)(C)C1[CH]CCN1c1cc(-c2ccc(Oc3ccccc3)cc2)c2c(N)n[nH]c2n1. The Labute approximate surface area is 188 Å². The van der Waals surface area contributed by atoms with Crippen LogP contribution in [0.1, 0.15) is 27.2 Å². The number of para-hydroxylation sites is 1. The van der Waals surface area contributed by atoms with Gasteiger partial charge in [-0.1, -0.05) is 51.1 Å². The standard InChI is InChI=1S/C26H28N5O/c1-26(2,3)21-10-7-15-31(21)22-16-20(23-24(27)29-30-25(23)28-22)17-11-13-19(14-12-17)32-18-8-5-4-6-9-18/h4-6,8-14,16,21H,7,15H2,1-3H3,(H3,27,28,29,30). The van der Waals surface area contributed by atoms with Crippen LogP contribution in [0.25, 0.3) is 22.2 Å². The molecule has 1 unspecified atom stereocenters. The summed E-state index contributed by atoms with van der Waals surface area (Å²) < 4.78 is 5.95. The number of nitrogens with one attached hydrogen (secondary N) is 1. The predicted octanol–water partition coefficient (Wildman–Crippen LogP) is 5.83. The van der Waals surface area contributed by atoms with Crippen molar-refractivity contribution >= 4 is 22.7 Å². The lowest BCUT2D eigenvalue weighted by molar-refractivity contribution is 0.351. The van der Waals surface area contributed by atoms with E-state index in [1.54, 1.807) is 0 Å². The molecule has 0 bridgehead atoms. The van der Waals surface area contributed by atoms with Crippen LogP contribution >= 0.6 is 0 Å². The first-order chi connectivity index (χ1) is 15.4. The van der Waals surface area contributed by atoms with Crippen LogP contribution in [-0.2, 0) is 0 Å². The van der Waals surface area contributed by atoms with E-state index in [0.717, 1.165) is 46.8 Å². The van der Waals surface area contributed by atoms with Gasteiger partial charge >= 0.3 is 0 Å². The van der Waals surface area contributed by atoms with Gasteiger partial charge in [0.15, 0.2) is 11.5 Å². The minimum Gasteiger partial charge on any atom is -0.457 e. The maximum absolute atomic E-state index is 6.22. The first-order valence-electron chi connectivity index (χ1n) is 11.0. The van der Waals surface area contributed by atoms with E-state index < -0.39 is 0 Å². The van der Waals surface area contributed by atoms with Crippen LogP contribution in [0.2, 0.25) is 0 Å². The third kappa shape index (κ3) is 3.77. The van der Waals surface area contributed by atoms with Gasteiger partial charge in [0.1, 0.15) is 17.3 Å². The van der Waals surface area contributed by atoms with Crippen LogP contribution in [0.4, 0.5) is 11.6 Å². The van der Waals surface area contributed by atoms with Crippen molar-refractivity contribution in [3.63, 3.8) is 0 Å². The van der Waals surface area contributed by atoms with E-state index in [4.69, 9.17) is 15.5 Å². The van der Waals surface area contributed by atoms with Crippen molar-refractivity contribution in [2.75, 3.05) is 17.2 Å². The minimum absolute atomic E-state index is 0.122. The highest BCUT2D eigenvalue weighted by molar-refractivity contribution is 6.01. The van der Waals surface area contributed by atoms with E-state index in [9.17, 15) is 0 Å². The highest BCUT2D eigenvalue weighted by Gasteiger charge is 2.35. The molecule has 1 aliphatic heterocycles. The maximum atomic E-state index is 6.22. The first-order valence-corrected chi connectivity index (χ1v) is 11.0. The van der Waals surface area contributed by atoms with Gasteiger partial charge in [0.2, 0.25) is 0 Å². The third-order valence-electron chi connectivity index (χ3n) is 5.97. The van der Waals surface area contributed by atoms with Crippen molar-refractivity contribution in [3.8, 4) is 22.6 Å². The van der Waals surface area contributed by atoms with Gasteiger partial charge in [-0.15, -0.1) is 0 Å². The molecule has 1 fully saturated rings. The summed E-state index contributed by atoms with van der Waals surface area (Å²) in [6, 6.07) is 20.3. The molecular formula is C26H28N5O. The van der Waals surface area contributed by atoms with Gasteiger partial charge in [0.25, 0.3) is 0 Å². The van der Waals surface area contributed by atoms with Crippen molar-refractivity contribution in [3.05, 3.63) is 67.1 Å². The van der Waals surface area contributed by atoms with Crippen LogP contribution < -0.4 is 15.4 Å². The number of nitrogen functional groups attached to an aromatic ring is 1. The van der Waals surface area contributed by atoms with E-state index in [-0.39, 0.29) is 5.41 Å². The van der Waals surface area contributed by atoms with Crippen LogP contribution in [0.15, 0.2) is 60.7 Å². The summed E-state index contributed by atoms with van der Waals surface area (Å²) in [6.45, 7) is 7.76. The minimum atomic E-state index is 0.122. The largest absolute Gasteiger partial charge is 0.457 e. The van der Waals surface area contributed by atoms with Crippen molar-refractivity contribution in [2.45, 2.75) is 33.2 Å². The molecule has 1 atom stereocenters. The smallest absolute Gasteiger partial charge is 0.160 e. The number of rotatable bonds is 4. The molecule has 163 valence electrons. The number of nitrogens with two attached hydrogens (primary N) is 1. The molecule has 1 aliphatic rings. The number of pyridine rings is 1. The number of aromatic amines is 1. The lowest BCUT2D eigenvalue weighted by atomic mass is 9.85. The van der Waals surface area contributed by atoms with Crippen LogP contribution in [0, 0.1) is 11.8 Å². The van der Waals surface area contributed by atoms with Crippen molar-refractivity contribution in [1.29, 1.82) is 0 Å². The Hall–Kier alpha value is -3.54. The van der Waals surface area contributed by atoms with Gasteiger partial charge in [-0.3, -0.25) is 5.10 Å². The Bertz CT molecular complexity index is 1230. The molecule has 1 saturated heterocycles. The van der Waals surface area contributed by atoms with Crippen LogP contribution in [0.3, 0.4) is 0 Å². The lowest BCUT2D eigenvalue weighted by Crippen LogP contribution is -2.40. The molecule has 1 radical (unpaired) electrons. The van der Waals surface area contributed by atoms with Crippen LogP contribution in [0.5, 0.6) is 11.5 Å². The van der Waals surface area contributed by atoms with E-state index in [1.807, 2.05) is 42.5 Å². The molecule has 3 N–H and O–H groups in total. The molecule has 0 saturated carbocycles. The number of ether oxygens (including phenoxy) is 1. The maximum Gasteiger partial charge on any atom is 0.160 e. The molecule has 4 aromatic rings. The fourth-order valence-corrected chi connectivity index (χ4v) is 4.46. The number of nitrogens with zero attached hydrogens (tertiary/aromatic N) is 3. The summed E-state index contributed by atoms with van der Waals surface area (Å²) >= 11 is 0. The Morgan fingerprint density at radius 3 is 2.47 bits per heavy atom. The van der Waals surface area contributed by atoms with Crippen molar-refractivity contribution in [2.24, 2.45) is 5.41 Å². The summed E-state index contributed by atoms with van der Waals surface area (Å²) in [7, 11) is 0. The number of hydrogen-bond donors (Lipinski definition) is 2. The van der Waals surface area contributed by atoms with Crippen LogP contribution in [-0.4, -0.2) is 27.8 Å². The number of hydrogen-bond acceptors (Lipinski definition) is 5. The lowest BCUT2D eigenvalue weighted by Gasteiger charge is -2.35. The fraction of sp³-hybridized carbons (Fsp3) is 0.269. The molecule has 6 heteroatoms. The van der Waals surface area contributed by atoms with Gasteiger partial charge in [-0.05, 0) is 54.2 Å². The number of H-pyrrole nitrogens is 1. The second kappa shape index (κ2) is 7.86. The molecule has 2 aromatic heterocycles. The Balaban J connectivity index is 1.54. The van der Waals surface area contributed by atoms with E-state index >= 15 is 0 Å². The zero-order valence-electron chi connectivity index (χ0n) is 18.7. The fourth-order valence-electron chi connectivity index (χ4n) is 4.46. The van der Waals surface area contributed by atoms with E-state index in [1.165, 1.54) is 0 Å². The molecule has 32 heavy (non-hydrogen) atoms. The molecule has 2 aromatic carbocycles.